The molecule has 0 aliphatic heterocycles. The Morgan fingerprint density at radius 2 is 2.00 bits per heavy atom. The quantitative estimate of drug-likeness (QED) is 0.261. The number of thioether (sulfide) groups is 1. The maximum Gasteiger partial charge on any atom is 0.338 e. The van der Waals surface area contributed by atoms with Gasteiger partial charge in [0, 0.05) is 5.39 Å². The minimum atomic E-state index is -0.436. The molecule has 1 atom stereocenters. The van der Waals surface area contributed by atoms with E-state index in [0.29, 0.717) is 28.0 Å². The Hall–Kier alpha value is -3.50. The highest BCUT2D eigenvalue weighted by Gasteiger charge is 2.21. The van der Waals surface area contributed by atoms with Gasteiger partial charge in [-0.25, -0.2) is 9.78 Å². The highest BCUT2D eigenvalue weighted by molar-refractivity contribution is 8.00. The third-order valence-electron chi connectivity index (χ3n) is 5.35. The smallest absolute Gasteiger partial charge is 0.338 e. The number of pyridine rings is 1. The first-order valence-corrected chi connectivity index (χ1v) is 12.4. The number of carbonyl (C=O) groups is 2. The molecule has 3 heterocycles. The van der Waals surface area contributed by atoms with Gasteiger partial charge >= 0.3 is 5.97 Å². The predicted molar refractivity (Wildman–Crippen MR) is 135 cm³/mol. The van der Waals surface area contributed by atoms with Gasteiger partial charge in [-0.05, 0) is 56.7 Å². The number of thiazole rings is 1. The van der Waals surface area contributed by atoms with Crippen molar-refractivity contribution in [3.8, 4) is 0 Å². The number of amides is 1. The molecule has 10 heteroatoms. The molecule has 1 N–H and O–H groups in total. The molecule has 1 unspecified atom stereocenters. The zero-order chi connectivity index (χ0) is 23.8. The zero-order valence-corrected chi connectivity index (χ0v) is 20.4. The Morgan fingerprint density at radius 1 is 1.18 bits per heavy atom. The maximum absolute atomic E-state index is 12.9. The second-order valence-electron chi connectivity index (χ2n) is 7.69. The van der Waals surface area contributed by atoms with E-state index in [0.717, 1.165) is 26.8 Å². The van der Waals surface area contributed by atoms with Crippen LogP contribution in [0.4, 0.5) is 5.13 Å². The number of nitrogens with one attached hydrogen (secondary N) is 1. The highest BCUT2D eigenvalue weighted by Crippen LogP contribution is 2.30. The van der Waals surface area contributed by atoms with Crippen molar-refractivity contribution in [2.24, 2.45) is 0 Å². The van der Waals surface area contributed by atoms with Crippen LogP contribution in [-0.4, -0.2) is 43.3 Å². The monoisotopic (exact) mass is 491 g/mol. The summed E-state index contributed by atoms with van der Waals surface area (Å²) in [6.45, 7) is 5.95. The molecule has 1 amide bonds. The zero-order valence-electron chi connectivity index (χ0n) is 18.7. The molecule has 0 saturated heterocycles. The number of benzene rings is 2. The molecule has 5 rings (SSSR count). The number of aromatic nitrogens is 4. The largest absolute Gasteiger partial charge is 0.462 e. The molecule has 0 fully saturated rings. The number of fused-ring (bicyclic) bond motifs is 4. The van der Waals surface area contributed by atoms with Gasteiger partial charge in [0.05, 0.1) is 33.2 Å². The summed E-state index contributed by atoms with van der Waals surface area (Å²) < 4.78 is 7.83. The number of hydrogen-bond acceptors (Lipinski definition) is 8. The Morgan fingerprint density at radius 3 is 2.82 bits per heavy atom. The van der Waals surface area contributed by atoms with Crippen molar-refractivity contribution in [3.05, 3.63) is 59.7 Å². The number of esters is 1. The molecule has 0 spiro atoms. The van der Waals surface area contributed by atoms with Gasteiger partial charge < -0.3 is 10.1 Å². The summed E-state index contributed by atoms with van der Waals surface area (Å²) in [5.41, 5.74) is 4.04. The molecular weight excluding hydrogens is 470 g/mol. The molecule has 0 bridgehead atoms. The van der Waals surface area contributed by atoms with Crippen molar-refractivity contribution in [2.45, 2.75) is 31.2 Å². The van der Waals surface area contributed by atoms with Crippen LogP contribution >= 0.6 is 23.1 Å². The summed E-state index contributed by atoms with van der Waals surface area (Å²) in [7, 11) is 0. The topological polar surface area (TPSA) is 98.5 Å². The van der Waals surface area contributed by atoms with Crippen LogP contribution in [-0.2, 0) is 9.53 Å². The van der Waals surface area contributed by atoms with E-state index >= 15 is 0 Å². The lowest BCUT2D eigenvalue weighted by atomic mass is 10.1. The molecule has 5 aromatic rings. The van der Waals surface area contributed by atoms with Crippen LogP contribution < -0.4 is 5.32 Å². The van der Waals surface area contributed by atoms with Gasteiger partial charge in [-0.1, -0.05) is 41.3 Å². The van der Waals surface area contributed by atoms with E-state index < -0.39 is 5.25 Å². The van der Waals surface area contributed by atoms with Crippen molar-refractivity contribution in [1.82, 2.24) is 19.6 Å². The third kappa shape index (κ3) is 4.10. The first-order chi connectivity index (χ1) is 16.4. The molecule has 0 aliphatic rings. The molecule has 0 aliphatic carbocycles. The number of rotatable bonds is 6. The van der Waals surface area contributed by atoms with Gasteiger partial charge in [0.2, 0.25) is 5.91 Å². The van der Waals surface area contributed by atoms with Crippen molar-refractivity contribution in [1.29, 1.82) is 0 Å². The maximum atomic E-state index is 12.9. The highest BCUT2D eigenvalue weighted by atomic mass is 32.2. The second-order valence-corrected chi connectivity index (χ2v) is 10.0. The lowest BCUT2D eigenvalue weighted by Crippen LogP contribution is -2.22. The molecule has 34 heavy (non-hydrogen) atoms. The van der Waals surface area contributed by atoms with Crippen molar-refractivity contribution in [3.63, 3.8) is 0 Å². The Bertz CT molecular complexity index is 1560. The number of ether oxygens (including phenoxy) is 1. The van der Waals surface area contributed by atoms with Crippen LogP contribution in [0.25, 0.3) is 26.8 Å². The summed E-state index contributed by atoms with van der Waals surface area (Å²) >= 11 is 2.65. The number of nitrogens with zero attached hydrogens (tertiary/aromatic N) is 4. The number of carbonyl (C=O) groups excluding carboxylic acids is 2. The summed E-state index contributed by atoms with van der Waals surface area (Å²) in [5, 5.41) is 13.3. The van der Waals surface area contributed by atoms with Crippen LogP contribution in [0.2, 0.25) is 0 Å². The molecule has 0 saturated carbocycles. The van der Waals surface area contributed by atoms with Crippen molar-refractivity contribution in [2.75, 3.05) is 11.9 Å². The van der Waals surface area contributed by atoms with Crippen LogP contribution in [0.3, 0.4) is 0 Å². The second kappa shape index (κ2) is 9.03. The minimum absolute atomic E-state index is 0.192. The Balaban J connectivity index is 1.36. The number of para-hydroxylation sites is 1. The van der Waals surface area contributed by atoms with E-state index in [2.05, 4.69) is 26.6 Å². The lowest BCUT2D eigenvalue weighted by molar-refractivity contribution is -0.115. The number of hydrogen-bond donors (Lipinski definition) is 1. The van der Waals surface area contributed by atoms with Crippen molar-refractivity contribution < 1.29 is 14.3 Å². The van der Waals surface area contributed by atoms with Crippen LogP contribution in [0.5, 0.6) is 0 Å². The molecule has 8 nitrogen and oxygen atoms in total. The van der Waals surface area contributed by atoms with Gasteiger partial charge in [0.15, 0.2) is 15.9 Å². The van der Waals surface area contributed by atoms with E-state index in [1.807, 2.05) is 42.5 Å². The summed E-state index contributed by atoms with van der Waals surface area (Å²) in [6, 6.07) is 15.2. The fourth-order valence-corrected chi connectivity index (χ4v) is 5.46. The summed E-state index contributed by atoms with van der Waals surface area (Å²) in [5.74, 6) is -0.570. The average molecular weight is 492 g/mol. The van der Waals surface area contributed by atoms with Gasteiger partial charge in [-0.2, -0.15) is 0 Å². The fourth-order valence-electron chi connectivity index (χ4n) is 3.69. The first kappa shape index (κ1) is 22.3. The standard InChI is InChI=1S/C24H21N5O3S2/c1-4-32-22(31)15-9-10-17-19(12-15)34-23(25-17)26-21(30)14(3)33-24-28-27-20-11-13(2)16-7-5-6-8-18(16)29(20)24/h5-12,14H,4H2,1-3H3,(H,25,26,30). The van der Waals surface area contributed by atoms with E-state index in [1.165, 1.54) is 23.1 Å². The van der Waals surface area contributed by atoms with E-state index in [1.54, 1.807) is 25.1 Å². The normalized spacial score (nSPS) is 12.3. The van der Waals surface area contributed by atoms with Crippen LogP contribution in [0.1, 0.15) is 29.8 Å². The van der Waals surface area contributed by atoms with Gasteiger partial charge in [0.25, 0.3) is 0 Å². The van der Waals surface area contributed by atoms with Gasteiger partial charge in [-0.3, -0.25) is 9.20 Å². The minimum Gasteiger partial charge on any atom is -0.462 e. The third-order valence-corrected chi connectivity index (χ3v) is 7.33. The van der Waals surface area contributed by atoms with E-state index in [4.69, 9.17) is 4.74 Å². The SMILES string of the molecule is CCOC(=O)c1ccc2nc(NC(=O)C(C)Sc3nnc4cc(C)c5ccccc5n34)sc2c1. The summed E-state index contributed by atoms with van der Waals surface area (Å²) in [6.07, 6.45) is 0. The van der Waals surface area contributed by atoms with Gasteiger partial charge in [-0.15, -0.1) is 10.2 Å². The van der Waals surface area contributed by atoms with Gasteiger partial charge in [0.1, 0.15) is 0 Å². The molecule has 172 valence electrons. The van der Waals surface area contributed by atoms with Crippen molar-refractivity contribution >= 4 is 66.9 Å². The first-order valence-electron chi connectivity index (χ1n) is 10.7. The molecular formula is C24H21N5O3S2. The number of anilines is 1. The van der Waals surface area contributed by atoms with E-state index in [9.17, 15) is 9.59 Å². The molecule has 0 radical (unpaired) electrons. The molecule has 2 aromatic carbocycles. The molecule has 3 aromatic heterocycles. The Labute approximate surface area is 203 Å². The fraction of sp³-hybridized carbons (Fsp3) is 0.208. The Kier molecular flexibility index (Phi) is 5.93. The van der Waals surface area contributed by atoms with E-state index in [-0.39, 0.29) is 11.9 Å². The average Bonchev–Trinajstić information content (AvgIpc) is 3.42. The number of aryl methyl sites for hydroxylation is 1. The lowest BCUT2D eigenvalue weighted by Gasteiger charge is -2.11. The van der Waals surface area contributed by atoms with Crippen LogP contribution in [0.15, 0.2) is 53.7 Å². The predicted octanol–water partition coefficient (Wildman–Crippen LogP) is 5.10. The van der Waals surface area contributed by atoms with Crippen LogP contribution in [0, 0.1) is 6.92 Å². The summed E-state index contributed by atoms with van der Waals surface area (Å²) in [4.78, 5) is 29.4.